The van der Waals surface area contributed by atoms with E-state index in [2.05, 4.69) is 94.6 Å². The van der Waals surface area contributed by atoms with Crippen LogP contribution in [-0.4, -0.2) is 23.8 Å². The van der Waals surface area contributed by atoms with Crippen molar-refractivity contribution in [3.05, 3.63) is 125 Å². The van der Waals surface area contributed by atoms with E-state index in [0.717, 1.165) is 28.2 Å². The van der Waals surface area contributed by atoms with Crippen molar-refractivity contribution >= 4 is 22.5 Å². The van der Waals surface area contributed by atoms with Gasteiger partial charge in [0.25, 0.3) is 0 Å². The summed E-state index contributed by atoms with van der Waals surface area (Å²) in [4.78, 5) is 14.5. The summed E-state index contributed by atoms with van der Waals surface area (Å²) in [5, 5.41) is 0. The van der Waals surface area contributed by atoms with E-state index in [9.17, 15) is 0 Å². The first-order valence-electron chi connectivity index (χ1n) is 12.2. The fourth-order valence-electron chi connectivity index (χ4n) is 6.95. The van der Waals surface area contributed by atoms with Crippen molar-refractivity contribution in [2.45, 2.75) is 12.3 Å². The molecule has 5 heteroatoms. The molecule has 0 saturated carbocycles. The Labute approximate surface area is 206 Å². The van der Waals surface area contributed by atoms with Crippen LogP contribution in [0.4, 0.5) is 0 Å². The lowest BCUT2D eigenvalue weighted by Gasteiger charge is -2.29. The maximum Gasteiger partial charge on any atom is 0.182 e. The van der Waals surface area contributed by atoms with E-state index in [4.69, 9.17) is 15.0 Å². The van der Waals surface area contributed by atoms with Crippen LogP contribution in [0.1, 0.15) is 27.9 Å². The molecule has 2 aliphatic rings. The first-order valence-corrected chi connectivity index (χ1v) is 12.2. The third-order valence-electron chi connectivity index (χ3n) is 8.19. The second-order valence-electron chi connectivity index (χ2n) is 9.78. The molecule has 0 fully saturated rings. The second kappa shape index (κ2) is 6.07. The van der Waals surface area contributed by atoms with Crippen LogP contribution in [0.2, 0.25) is 0 Å². The molecule has 0 bridgehead atoms. The summed E-state index contributed by atoms with van der Waals surface area (Å²) in [6, 6.07) is 29.0. The summed E-state index contributed by atoms with van der Waals surface area (Å²) >= 11 is 0. The number of benzene rings is 3. The highest BCUT2D eigenvalue weighted by molar-refractivity contribution is 5.99. The Balaban J connectivity index is 1.58. The van der Waals surface area contributed by atoms with Crippen molar-refractivity contribution in [1.29, 1.82) is 0 Å². The van der Waals surface area contributed by atoms with Gasteiger partial charge < -0.3 is 0 Å². The quantitative estimate of drug-likeness (QED) is 0.271. The van der Waals surface area contributed by atoms with Crippen LogP contribution < -0.4 is 0 Å². The van der Waals surface area contributed by atoms with Gasteiger partial charge in [-0.3, -0.25) is 8.80 Å². The first kappa shape index (κ1) is 18.5. The zero-order valence-electron chi connectivity index (χ0n) is 19.5. The van der Waals surface area contributed by atoms with Crippen LogP contribution in [0.25, 0.3) is 44.8 Å². The largest absolute Gasteiger partial charge is 0.287 e. The molecular weight excluding hydrogens is 442 g/mol. The Morgan fingerprint density at radius 1 is 0.583 bits per heavy atom. The summed E-state index contributed by atoms with van der Waals surface area (Å²) in [5.74, 6) is 0. The minimum Gasteiger partial charge on any atom is -0.287 e. The minimum absolute atomic E-state index is 0.391. The van der Waals surface area contributed by atoms with Gasteiger partial charge in [0.1, 0.15) is 0 Å². The Bertz CT molecular complexity index is 2030. The molecule has 4 heterocycles. The summed E-state index contributed by atoms with van der Waals surface area (Å²) in [6.45, 7) is 2.07. The Hall–Kier alpha value is -4.77. The maximum atomic E-state index is 4.86. The Kier molecular flexibility index (Phi) is 3.13. The van der Waals surface area contributed by atoms with E-state index < -0.39 is 5.41 Å². The van der Waals surface area contributed by atoms with E-state index in [1.165, 1.54) is 44.6 Å². The summed E-state index contributed by atoms with van der Waals surface area (Å²) in [6.07, 6.45) is 5.46. The summed E-state index contributed by atoms with van der Waals surface area (Å²) < 4.78 is 4.42. The highest BCUT2D eigenvalue weighted by Gasteiger charge is 2.53. The van der Waals surface area contributed by atoms with Crippen molar-refractivity contribution in [3.8, 4) is 22.4 Å². The lowest BCUT2D eigenvalue weighted by Crippen LogP contribution is -2.25. The van der Waals surface area contributed by atoms with Gasteiger partial charge in [-0.15, -0.1) is 0 Å². The number of nitrogens with zero attached hydrogens (tertiary/aromatic N) is 5. The zero-order valence-corrected chi connectivity index (χ0v) is 19.5. The summed E-state index contributed by atoms with van der Waals surface area (Å²) in [5.41, 5.74) is 14.6. The van der Waals surface area contributed by atoms with Crippen LogP contribution in [-0.2, 0) is 5.41 Å². The van der Waals surface area contributed by atoms with E-state index in [1.54, 1.807) is 12.4 Å². The Morgan fingerprint density at radius 2 is 1.14 bits per heavy atom. The third-order valence-corrected chi connectivity index (χ3v) is 8.19. The number of imidazole rings is 1. The molecule has 36 heavy (non-hydrogen) atoms. The van der Waals surface area contributed by atoms with Crippen molar-refractivity contribution < 1.29 is 0 Å². The minimum atomic E-state index is -0.391. The van der Waals surface area contributed by atoms with Gasteiger partial charge in [-0.1, -0.05) is 72.8 Å². The average Bonchev–Trinajstić information content (AvgIpc) is 3.65. The van der Waals surface area contributed by atoms with Gasteiger partial charge in [0.15, 0.2) is 16.9 Å². The molecule has 5 nitrogen and oxygen atoms in total. The lowest BCUT2D eigenvalue weighted by molar-refractivity contribution is 0.795. The van der Waals surface area contributed by atoms with Crippen LogP contribution >= 0.6 is 0 Å². The molecule has 0 N–H and O–H groups in total. The molecule has 3 aromatic carbocycles. The smallest absolute Gasteiger partial charge is 0.182 e. The first-order chi connectivity index (χ1) is 17.8. The molecule has 168 valence electrons. The number of rotatable bonds is 0. The van der Waals surface area contributed by atoms with Crippen LogP contribution in [0.5, 0.6) is 0 Å². The molecule has 2 aliphatic carbocycles. The fraction of sp³-hybridized carbons (Fsp3) is 0.0645. The molecule has 0 radical (unpaired) electrons. The Morgan fingerprint density at radius 3 is 1.81 bits per heavy atom. The molecule has 7 aromatic rings. The molecule has 0 saturated heterocycles. The van der Waals surface area contributed by atoms with Gasteiger partial charge in [-0.2, -0.15) is 0 Å². The normalized spacial score (nSPS) is 14.5. The summed E-state index contributed by atoms with van der Waals surface area (Å²) in [7, 11) is 0. The molecule has 0 aliphatic heterocycles. The number of hydrogen-bond donors (Lipinski definition) is 0. The zero-order chi connectivity index (χ0) is 23.6. The van der Waals surface area contributed by atoms with Gasteiger partial charge in [0.05, 0.1) is 16.6 Å². The van der Waals surface area contributed by atoms with Crippen LogP contribution in [0.3, 0.4) is 0 Å². The van der Waals surface area contributed by atoms with E-state index >= 15 is 0 Å². The van der Waals surface area contributed by atoms with E-state index in [1.807, 2.05) is 6.20 Å². The average molecular weight is 462 g/mol. The predicted molar refractivity (Wildman–Crippen MR) is 140 cm³/mol. The van der Waals surface area contributed by atoms with Crippen molar-refractivity contribution in [2.24, 2.45) is 0 Å². The van der Waals surface area contributed by atoms with Crippen LogP contribution in [0.15, 0.2) is 97.5 Å². The van der Waals surface area contributed by atoms with Crippen molar-refractivity contribution in [2.75, 3.05) is 0 Å². The van der Waals surface area contributed by atoms with E-state index in [0.29, 0.717) is 0 Å². The SMILES string of the molecule is Cc1cnc2c3cc4c(n3c3nccnc3n12)-c1ccccc1C41c2ccccc2-c2ccccc21. The predicted octanol–water partition coefficient (Wildman–Crippen LogP) is 6.18. The van der Waals surface area contributed by atoms with Crippen molar-refractivity contribution in [1.82, 2.24) is 23.8 Å². The number of aromatic nitrogens is 5. The number of fused-ring (bicyclic) bond motifs is 17. The molecule has 1 spiro atoms. The molecular formula is C31H19N5. The van der Waals surface area contributed by atoms with Crippen LogP contribution in [0, 0.1) is 6.92 Å². The van der Waals surface area contributed by atoms with Crippen molar-refractivity contribution in [3.63, 3.8) is 0 Å². The fourth-order valence-corrected chi connectivity index (χ4v) is 6.95. The highest BCUT2D eigenvalue weighted by Crippen LogP contribution is 2.63. The number of hydrogen-bond acceptors (Lipinski definition) is 3. The third kappa shape index (κ3) is 1.85. The highest BCUT2D eigenvalue weighted by atomic mass is 15.1. The van der Waals surface area contributed by atoms with Gasteiger partial charge >= 0.3 is 0 Å². The van der Waals surface area contributed by atoms with Gasteiger partial charge in [-0.25, -0.2) is 15.0 Å². The molecule has 9 rings (SSSR count). The van der Waals surface area contributed by atoms with Gasteiger partial charge in [0.2, 0.25) is 0 Å². The molecule has 4 aromatic heterocycles. The van der Waals surface area contributed by atoms with Gasteiger partial charge in [-0.05, 0) is 46.4 Å². The maximum absolute atomic E-state index is 4.86. The van der Waals surface area contributed by atoms with Gasteiger partial charge in [0, 0.05) is 29.8 Å². The molecule has 0 unspecified atom stereocenters. The second-order valence-corrected chi connectivity index (χ2v) is 9.78. The molecule has 0 atom stereocenters. The monoisotopic (exact) mass is 461 g/mol. The lowest BCUT2D eigenvalue weighted by atomic mass is 9.71. The number of aryl methyl sites for hydroxylation is 1. The standard InChI is InChI=1S/C31H19N5/c1-18-17-34-28-26-16-25-27(36(26)30-29(35(18)28)32-14-15-33-30)21-10-4-7-13-24(21)31(25)22-11-5-2-8-19(22)20-9-3-6-12-23(20)31/h2-17H,1H3. The van der Waals surface area contributed by atoms with E-state index in [-0.39, 0.29) is 0 Å². The molecule has 0 amide bonds. The topological polar surface area (TPSA) is 47.5 Å².